The van der Waals surface area contributed by atoms with Crippen molar-refractivity contribution < 1.29 is 19.1 Å². The molecule has 140 valence electrons. The summed E-state index contributed by atoms with van der Waals surface area (Å²) in [5.74, 6) is -1.80. The lowest BCUT2D eigenvalue weighted by atomic mass is 9.95. The minimum atomic E-state index is -0.842. The van der Waals surface area contributed by atoms with E-state index in [9.17, 15) is 14.7 Å². The third-order valence-corrected chi connectivity index (χ3v) is 4.89. The first-order chi connectivity index (χ1) is 13.5. The number of Topliss-reactive ketones (excluding diaryl/α,β-unsaturated/α-hetero) is 1. The quantitative estimate of drug-likeness (QED) is 0.662. The van der Waals surface area contributed by atoms with E-state index in [4.69, 9.17) is 16.0 Å². The Hall–Kier alpha value is -3.38. The molecular weight excluding hydrogens is 380 g/mol. The number of halogens is 1. The molecule has 1 aliphatic heterocycles. The van der Waals surface area contributed by atoms with Crippen molar-refractivity contribution in [2.75, 3.05) is 4.90 Å². The van der Waals surface area contributed by atoms with Gasteiger partial charge in [-0.05, 0) is 54.4 Å². The Morgan fingerprint density at radius 2 is 1.96 bits per heavy atom. The van der Waals surface area contributed by atoms with Crippen LogP contribution in [-0.2, 0) is 4.79 Å². The number of furan rings is 1. The van der Waals surface area contributed by atoms with Gasteiger partial charge < -0.3 is 9.52 Å². The number of aliphatic hydroxyl groups excluding tert-OH is 1. The summed E-state index contributed by atoms with van der Waals surface area (Å²) in [6, 6.07) is 10.7. The predicted molar refractivity (Wildman–Crippen MR) is 103 cm³/mol. The maximum absolute atomic E-state index is 13.0. The van der Waals surface area contributed by atoms with Crippen LogP contribution in [0.4, 0.5) is 5.69 Å². The van der Waals surface area contributed by atoms with Crippen LogP contribution < -0.4 is 4.90 Å². The molecule has 0 saturated carbocycles. The second-order valence-electron chi connectivity index (χ2n) is 6.36. The molecule has 3 aromatic rings. The molecular formula is C21H15ClN2O4. The molecule has 0 fully saturated rings. The Morgan fingerprint density at radius 3 is 2.64 bits per heavy atom. The van der Waals surface area contributed by atoms with Crippen molar-refractivity contribution in [3.63, 3.8) is 0 Å². The number of carbonyl (C=O) groups is 2. The van der Waals surface area contributed by atoms with E-state index in [-0.39, 0.29) is 11.3 Å². The molecule has 2 aromatic heterocycles. The summed E-state index contributed by atoms with van der Waals surface area (Å²) in [6.07, 6.45) is 4.49. The average molecular weight is 395 g/mol. The summed E-state index contributed by atoms with van der Waals surface area (Å²) in [5, 5.41) is 11.1. The second-order valence-corrected chi connectivity index (χ2v) is 6.79. The summed E-state index contributed by atoms with van der Waals surface area (Å²) < 4.78 is 5.20. The van der Waals surface area contributed by atoms with Crippen LogP contribution in [0.15, 0.2) is 76.9 Å². The number of aryl methyl sites for hydroxylation is 1. The fourth-order valence-electron chi connectivity index (χ4n) is 3.33. The normalized spacial score (nSPS) is 16.7. The lowest BCUT2D eigenvalue weighted by molar-refractivity contribution is -0.117. The minimum Gasteiger partial charge on any atom is -0.503 e. The number of amides is 1. The van der Waals surface area contributed by atoms with E-state index in [0.717, 1.165) is 5.56 Å². The zero-order valence-corrected chi connectivity index (χ0v) is 15.6. The van der Waals surface area contributed by atoms with E-state index >= 15 is 0 Å². The zero-order valence-electron chi connectivity index (χ0n) is 14.8. The van der Waals surface area contributed by atoms with Crippen molar-refractivity contribution in [3.05, 3.63) is 94.4 Å². The van der Waals surface area contributed by atoms with E-state index in [2.05, 4.69) is 4.98 Å². The Kier molecular flexibility index (Phi) is 4.49. The lowest BCUT2D eigenvalue weighted by Gasteiger charge is -2.28. The van der Waals surface area contributed by atoms with Gasteiger partial charge in [-0.3, -0.25) is 19.5 Å². The van der Waals surface area contributed by atoms with Crippen LogP contribution in [0.1, 0.15) is 27.7 Å². The van der Waals surface area contributed by atoms with Gasteiger partial charge in [-0.1, -0.05) is 17.7 Å². The monoisotopic (exact) mass is 394 g/mol. The smallest absolute Gasteiger partial charge is 0.294 e. The zero-order chi connectivity index (χ0) is 19.8. The standard InChI is InChI=1S/C21H15ClN2O4/c1-12-4-5-14(22)11-15(12)24-18(13-6-8-23-9-7-13)17(20(26)21(24)27)19(25)16-3-2-10-28-16/h2-11,18,26H,1H3. The molecule has 1 N–H and O–H groups in total. The molecule has 28 heavy (non-hydrogen) atoms. The maximum atomic E-state index is 13.0. The predicted octanol–water partition coefficient (Wildman–Crippen LogP) is 4.42. The number of hydrogen-bond donors (Lipinski definition) is 1. The Bertz CT molecular complexity index is 1090. The number of ketones is 1. The Morgan fingerprint density at radius 1 is 1.21 bits per heavy atom. The molecule has 0 aliphatic carbocycles. The number of carbonyl (C=O) groups excluding carboxylic acids is 2. The van der Waals surface area contributed by atoms with Crippen molar-refractivity contribution in [2.24, 2.45) is 0 Å². The number of aromatic nitrogens is 1. The molecule has 6 nitrogen and oxygen atoms in total. The largest absolute Gasteiger partial charge is 0.503 e. The molecule has 1 aromatic carbocycles. The van der Waals surface area contributed by atoms with E-state index in [1.54, 1.807) is 48.8 Å². The third kappa shape index (κ3) is 2.88. The topological polar surface area (TPSA) is 83.6 Å². The summed E-state index contributed by atoms with van der Waals surface area (Å²) in [4.78, 5) is 31.4. The molecule has 1 amide bonds. The number of nitrogens with zero attached hydrogens (tertiary/aromatic N) is 2. The molecule has 4 rings (SSSR count). The molecule has 1 atom stereocenters. The van der Waals surface area contributed by atoms with E-state index in [1.165, 1.54) is 17.2 Å². The Labute approximate surface area is 165 Å². The van der Waals surface area contributed by atoms with E-state index < -0.39 is 23.5 Å². The van der Waals surface area contributed by atoms with Crippen LogP contribution in [0.5, 0.6) is 0 Å². The van der Waals surface area contributed by atoms with Gasteiger partial charge >= 0.3 is 0 Å². The molecule has 0 radical (unpaired) electrons. The first-order valence-corrected chi connectivity index (χ1v) is 8.88. The summed E-state index contributed by atoms with van der Waals surface area (Å²) >= 11 is 6.15. The van der Waals surface area contributed by atoms with Crippen LogP contribution in [0.2, 0.25) is 5.02 Å². The highest BCUT2D eigenvalue weighted by atomic mass is 35.5. The van der Waals surface area contributed by atoms with Gasteiger partial charge in [0, 0.05) is 23.1 Å². The fourth-order valence-corrected chi connectivity index (χ4v) is 3.50. The summed E-state index contributed by atoms with van der Waals surface area (Å²) in [7, 11) is 0. The molecule has 3 heterocycles. The van der Waals surface area contributed by atoms with Gasteiger partial charge in [-0.25, -0.2) is 0 Å². The van der Waals surface area contributed by atoms with Crippen molar-refractivity contribution in [2.45, 2.75) is 13.0 Å². The molecule has 0 spiro atoms. The fraction of sp³-hybridized carbons (Fsp3) is 0.0952. The number of anilines is 1. The number of benzene rings is 1. The van der Waals surface area contributed by atoms with Gasteiger partial charge in [0.05, 0.1) is 17.9 Å². The molecule has 1 unspecified atom stereocenters. The van der Waals surface area contributed by atoms with Crippen LogP contribution in [0, 0.1) is 6.92 Å². The van der Waals surface area contributed by atoms with Crippen molar-refractivity contribution in [1.29, 1.82) is 0 Å². The first kappa shape index (κ1) is 18.0. The molecule has 0 saturated heterocycles. The number of pyridine rings is 1. The van der Waals surface area contributed by atoms with Gasteiger partial charge in [0.15, 0.2) is 11.5 Å². The van der Waals surface area contributed by atoms with Gasteiger partial charge in [0.25, 0.3) is 5.91 Å². The van der Waals surface area contributed by atoms with Crippen LogP contribution >= 0.6 is 11.6 Å². The SMILES string of the molecule is Cc1ccc(Cl)cc1N1C(=O)C(O)=C(C(=O)c2ccco2)C1c1ccncc1. The van der Waals surface area contributed by atoms with Crippen LogP contribution in [-0.4, -0.2) is 21.8 Å². The minimum absolute atomic E-state index is 0.0399. The molecule has 1 aliphatic rings. The third-order valence-electron chi connectivity index (χ3n) is 4.65. The van der Waals surface area contributed by atoms with Gasteiger partial charge in [-0.2, -0.15) is 0 Å². The number of hydrogen-bond acceptors (Lipinski definition) is 5. The highest BCUT2D eigenvalue weighted by molar-refractivity contribution is 6.31. The van der Waals surface area contributed by atoms with Crippen molar-refractivity contribution in [1.82, 2.24) is 4.98 Å². The maximum Gasteiger partial charge on any atom is 0.294 e. The molecule has 0 bridgehead atoms. The first-order valence-electron chi connectivity index (χ1n) is 8.50. The average Bonchev–Trinajstić information content (AvgIpc) is 3.32. The van der Waals surface area contributed by atoms with Crippen LogP contribution in [0.25, 0.3) is 0 Å². The summed E-state index contributed by atoms with van der Waals surface area (Å²) in [6.45, 7) is 1.83. The second kappa shape index (κ2) is 6.98. The number of aliphatic hydroxyl groups is 1. The number of rotatable bonds is 4. The van der Waals surface area contributed by atoms with E-state index in [0.29, 0.717) is 16.3 Å². The van der Waals surface area contributed by atoms with Gasteiger partial charge in [0.1, 0.15) is 0 Å². The Balaban J connectivity index is 1.92. The highest BCUT2D eigenvalue weighted by Crippen LogP contribution is 2.43. The van der Waals surface area contributed by atoms with Crippen molar-refractivity contribution >= 4 is 29.0 Å². The highest BCUT2D eigenvalue weighted by Gasteiger charge is 2.45. The van der Waals surface area contributed by atoms with Gasteiger partial charge in [0.2, 0.25) is 5.78 Å². The summed E-state index contributed by atoms with van der Waals surface area (Å²) in [5.41, 5.74) is 1.86. The van der Waals surface area contributed by atoms with Crippen LogP contribution in [0.3, 0.4) is 0 Å². The lowest BCUT2D eigenvalue weighted by Crippen LogP contribution is -2.31. The van der Waals surface area contributed by atoms with Crippen molar-refractivity contribution in [3.8, 4) is 0 Å². The van der Waals surface area contributed by atoms with E-state index in [1.807, 2.05) is 6.92 Å². The van der Waals surface area contributed by atoms with Gasteiger partial charge in [-0.15, -0.1) is 0 Å². The molecule has 7 heteroatoms.